The van der Waals surface area contributed by atoms with Crippen LogP contribution in [0.2, 0.25) is 5.02 Å². The Morgan fingerprint density at radius 3 is 2.47 bits per heavy atom. The van der Waals surface area contributed by atoms with Gasteiger partial charge in [-0.2, -0.15) is 13.2 Å². The maximum atomic E-state index is 14.4. The van der Waals surface area contributed by atoms with E-state index in [0.29, 0.717) is 0 Å². The zero-order chi connectivity index (χ0) is 23.8. The first-order valence-electron chi connectivity index (χ1n) is 8.93. The van der Waals surface area contributed by atoms with E-state index in [-0.39, 0.29) is 21.6 Å². The first-order valence-corrected chi connectivity index (χ1v) is 9.31. The minimum Gasteiger partial charge on any atom is -0.493 e. The summed E-state index contributed by atoms with van der Waals surface area (Å²) in [5, 5.41) is 22.1. The number of pyridine rings is 1. The van der Waals surface area contributed by atoms with E-state index in [1.54, 1.807) is 0 Å². The zero-order valence-corrected chi connectivity index (χ0v) is 17.0. The van der Waals surface area contributed by atoms with Crippen LogP contribution in [0, 0.1) is 11.6 Å². The summed E-state index contributed by atoms with van der Waals surface area (Å²) >= 11 is 5.82. The molecular formula is C20H16ClF5N2O4. The lowest BCUT2D eigenvalue weighted by Gasteiger charge is -2.38. The van der Waals surface area contributed by atoms with E-state index in [1.165, 1.54) is 6.07 Å². The van der Waals surface area contributed by atoms with Crippen molar-refractivity contribution in [2.75, 3.05) is 19.0 Å². The molecule has 0 spiro atoms. The Morgan fingerprint density at radius 2 is 1.88 bits per heavy atom. The topological polar surface area (TPSA) is 94.6 Å². The van der Waals surface area contributed by atoms with Gasteiger partial charge in [-0.25, -0.2) is 8.78 Å². The van der Waals surface area contributed by atoms with Gasteiger partial charge in [0.15, 0.2) is 11.6 Å². The van der Waals surface area contributed by atoms with Crippen molar-refractivity contribution in [1.29, 1.82) is 0 Å². The molecule has 1 heterocycles. The molecule has 172 valence electrons. The SMILES string of the molecule is COc1c(F)cc(Cl)cc1C(Nc1cc(F)cc2[nH]c(=O)ccc12)[C@](O)(CO)C(F)(F)F. The highest BCUT2D eigenvalue weighted by Gasteiger charge is 2.59. The second-order valence-corrected chi connectivity index (χ2v) is 7.34. The molecular weight excluding hydrogens is 463 g/mol. The van der Waals surface area contributed by atoms with Crippen LogP contribution in [0.1, 0.15) is 11.6 Å². The van der Waals surface area contributed by atoms with Gasteiger partial charge in [0, 0.05) is 27.7 Å². The number of aromatic amines is 1. The molecule has 32 heavy (non-hydrogen) atoms. The summed E-state index contributed by atoms with van der Waals surface area (Å²) in [7, 11) is 0.987. The normalized spacial score (nSPS) is 14.8. The molecule has 0 saturated heterocycles. The molecule has 0 bridgehead atoms. The molecule has 0 saturated carbocycles. The van der Waals surface area contributed by atoms with Crippen LogP contribution in [0.25, 0.3) is 10.9 Å². The van der Waals surface area contributed by atoms with Gasteiger partial charge in [-0.1, -0.05) is 11.6 Å². The molecule has 1 unspecified atom stereocenters. The van der Waals surface area contributed by atoms with Gasteiger partial charge in [0.05, 0.1) is 25.3 Å². The number of hydrogen-bond acceptors (Lipinski definition) is 5. The van der Waals surface area contributed by atoms with Gasteiger partial charge < -0.3 is 25.3 Å². The molecule has 6 nitrogen and oxygen atoms in total. The van der Waals surface area contributed by atoms with E-state index < -0.39 is 52.9 Å². The fourth-order valence-electron chi connectivity index (χ4n) is 3.32. The second kappa shape index (κ2) is 8.57. The lowest BCUT2D eigenvalue weighted by atomic mass is 9.87. The molecule has 0 aliphatic carbocycles. The van der Waals surface area contributed by atoms with Crippen molar-refractivity contribution in [2.24, 2.45) is 0 Å². The van der Waals surface area contributed by atoms with Crippen LogP contribution >= 0.6 is 11.6 Å². The minimum absolute atomic E-state index is 0.0532. The highest BCUT2D eigenvalue weighted by Crippen LogP contribution is 2.46. The average Bonchev–Trinajstić information content (AvgIpc) is 2.69. The third kappa shape index (κ3) is 4.23. The molecule has 3 rings (SSSR count). The minimum atomic E-state index is -5.43. The highest BCUT2D eigenvalue weighted by atomic mass is 35.5. The van der Waals surface area contributed by atoms with Gasteiger partial charge in [0.2, 0.25) is 11.2 Å². The number of ether oxygens (including phenoxy) is 1. The molecule has 0 radical (unpaired) electrons. The van der Waals surface area contributed by atoms with E-state index in [4.69, 9.17) is 16.3 Å². The quantitative estimate of drug-likeness (QED) is 0.403. The van der Waals surface area contributed by atoms with Crippen molar-refractivity contribution in [3.05, 3.63) is 69.0 Å². The lowest BCUT2D eigenvalue weighted by Crippen LogP contribution is -2.55. The monoisotopic (exact) mass is 478 g/mol. The smallest absolute Gasteiger partial charge is 0.421 e. The summed E-state index contributed by atoms with van der Waals surface area (Å²) in [6, 6.07) is 3.42. The summed E-state index contributed by atoms with van der Waals surface area (Å²) < 4.78 is 75.1. The van der Waals surface area contributed by atoms with Crippen molar-refractivity contribution in [2.45, 2.75) is 17.8 Å². The van der Waals surface area contributed by atoms with E-state index in [0.717, 1.165) is 37.4 Å². The van der Waals surface area contributed by atoms with Crippen molar-refractivity contribution >= 4 is 28.2 Å². The molecule has 0 aliphatic rings. The van der Waals surface area contributed by atoms with Gasteiger partial charge in [-0.3, -0.25) is 4.79 Å². The average molecular weight is 479 g/mol. The number of aromatic nitrogens is 1. The first kappa shape index (κ1) is 23.8. The Bertz CT molecular complexity index is 1220. The Morgan fingerprint density at radius 1 is 1.19 bits per heavy atom. The van der Waals surface area contributed by atoms with Gasteiger partial charge in [0.1, 0.15) is 5.82 Å². The van der Waals surface area contributed by atoms with E-state index in [2.05, 4.69) is 10.3 Å². The molecule has 2 atom stereocenters. The Kier molecular flexibility index (Phi) is 6.36. The second-order valence-electron chi connectivity index (χ2n) is 6.90. The van der Waals surface area contributed by atoms with E-state index in [1.807, 2.05) is 0 Å². The number of benzene rings is 2. The Hall–Kier alpha value is -2.89. The molecule has 0 aliphatic heterocycles. The Labute approximate surface area is 182 Å². The number of H-pyrrole nitrogens is 1. The summed E-state index contributed by atoms with van der Waals surface area (Å²) in [4.78, 5) is 13.9. The summed E-state index contributed by atoms with van der Waals surface area (Å²) in [5.74, 6) is -2.74. The molecule has 3 aromatic rings. The molecule has 4 N–H and O–H groups in total. The van der Waals surface area contributed by atoms with Crippen LogP contribution in [0.3, 0.4) is 0 Å². The number of nitrogens with one attached hydrogen (secondary N) is 2. The van der Waals surface area contributed by atoms with Crippen molar-refractivity contribution < 1.29 is 36.9 Å². The third-order valence-electron chi connectivity index (χ3n) is 4.87. The van der Waals surface area contributed by atoms with Crippen LogP contribution < -0.4 is 15.6 Å². The van der Waals surface area contributed by atoms with Crippen molar-refractivity contribution in [1.82, 2.24) is 4.98 Å². The number of alkyl halides is 3. The predicted octanol–water partition coefficient (Wildman–Crippen LogP) is 3.91. The number of aliphatic hydroxyl groups is 2. The van der Waals surface area contributed by atoms with Crippen molar-refractivity contribution in [3.63, 3.8) is 0 Å². The standard InChI is InChI=1S/C20H16ClF5N2O4/c1-32-17-12(4-9(21)5-13(17)23)18(19(31,8-29)20(24,25)26)28-15-7-10(22)6-14-11(15)2-3-16(30)27-14/h2-7,18,28-29,31H,8H2,1H3,(H,27,30)/t18?,19-/m1/s1. The molecule has 0 fully saturated rings. The van der Waals surface area contributed by atoms with E-state index >= 15 is 0 Å². The van der Waals surface area contributed by atoms with Crippen molar-refractivity contribution in [3.8, 4) is 5.75 Å². The number of aliphatic hydroxyl groups excluding tert-OH is 1. The molecule has 12 heteroatoms. The van der Waals surface area contributed by atoms with Crippen LogP contribution in [-0.4, -0.2) is 40.7 Å². The third-order valence-corrected chi connectivity index (χ3v) is 5.08. The number of fused-ring (bicyclic) bond motifs is 1. The van der Waals surface area contributed by atoms with Crippen LogP contribution in [0.15, 0.2) is 41.2 Å². The fourth-order valence-corrected chi connectivity index (χ4v) is 3.53. The van der Waals surface area contributed by atoms with Crippen LogP contribution in [-0.2, 0) is 0 Å². The summed E-state index contributed by atoms with van der Waals surface area (Å²) in [6.07, 6.45) is -5.43. The largest absolute Gasteiger partial charge is 0.493 e. The predicted molar refractivity (Wildman–Crippen MR) is 107 cm³/mol. The summed E-state index contributed by atoms with van der Waals surface area (Å²) in [5.41, 5.74) is -5.40. The lowest BCUT2D eigenvalue weighted by molar-refractivity contribution is -0.277. The van der Waals surface area contributed by atoms with Gasteiger partial charge in [-0.05, 0) is 30.3 Å². The highest BCUT2D eigenvalue weighted by molar-refractivity contribution is 6.30. The van der Waals surface area contributed by atoms with Gasteiger partial charge >= 0.3 is 6.18 Å². The first-order chi connectivity index (χ1) is 14.9. The van der Waals surface area contributed by atoms with Crippen LogP contribution in [0.4, 0.5) is 27.6 Å². The van der Waals surface area contributed by atoms with E-state index in [9.17, 15) is 37.0 Å². The molecule has 1 aromatic heterocycles. The fraction of sp³-hybridized carbons (Fsp3) is 0.250. The van der Waals surface area contributed by atoms with Gasteiger partial charge in [-0.15, -0.1) is 0 Å². The number of rotatable bonds is 6. The number of hydrogen-bond donors (Lipinski definition) is 4. The molecule has 2 aromatic carbocycles. The number of methoxy groups -OCH3 is 1. The summed E-state index contributed by atoms with van der Waals surface area (Å²) in [6.45, 7) is -1.84. The van der Waals surface area contributed by atoms with Crippen LogP contribution in [0.5, 0.6) is 5.75 Å². The maximum absolute atomic E-state index is 14.4. The number of halogens is 6. The maximum Gasteiger partial charge on any atom is 0.421 e. The Balaban J connectivity index is 2.31. The zero-order valence-electron chi connectivity index (χ0n) is 16.2. The molecule has 0 amide bonds. The van der Waals surface area contributed by atoms with Gasteiger partial charge in [0.25, 0.3) is 0 Å². The number of anilines is 1.